The quantitative estimate of drug-likeness (QED) is 0.394. The Morgan fingerprint density at radius 1 is 1.00 bits per heavy atom. The van der Waals surface area contributed by atoms with Crippen molar-refractivity contribution in [1.82, 2.24) is 9.80 Å². The number of nitrogens with zero attached hydrogens (tertiary/aromatic N) is 2. The van der Waals surface area contributed by atoms with Gasteiger partial charge in [-0.2, -0.15) is 26.3 Å². The Labute approximate surface area is 208 Å². The summed E-state index contributed by atoms with van der Waals surface area (Å²) in [6.07, 6.45) is -11.1. The van der Waals surface area contributed by atoms with Crippen LogP contribution in [0.5, 0.6) is 5.75 Å². The standard InChI is InChI=1S/C25H26F8N2O2/c1-34(9-6-16-12-18(24(28,29)30)15-19(13-16)25(31,32)33)22(36)21(17-4-3-5-20(14-17)37-2)35-10-7-23(26,27)8-11-35/h3-5,12-15,21H,6-11H2,1-2H3. The fourth-order valence-electron chi connectivity index (χ4n) is 4.21. The molecule has 2 aromatic carbocycles. The molecule has 1 atom stereocenters. The maximum atomic E-state index is 13.8. The molecule has 3 rings (SSSR count). The summed E-state index contributed by atoms with van der Waals surface area (Å²) in [7, 11) is 2.79. The van der Waals surface area contributed by atoms with Gasteiger partial charge >= 0.3 is 12.4 Å². The Morgan fingerprint density at radius 2 is 1.57 bits per heavy atom. The molecule has 4 nitrogen and oxygen atoms in total. The Balaban J connectivity index is 1.84. The first-order valence-corrected chi connectivity index (χ1v) is 11.4. The molecule has 0 aliphatic carbocycles. The van der Waals surface area contributed by atoms with Crippen molar-refractivity contribution in [2.75, 3.05) is 33.8 Å². The first-order chi connectivity index (χ1) is 17.1. The van der Waals surface area contributed by atoms with Gasteiger partial charge in [-0.05, 0) is 47.9 Å². The van der Waals surface area contributed by atoms with E-state index in [9.17, 15) is 39.9 Å². The first kappa shape index (κ1) is 28.7. The van der Waals surface area contributed by atoms with Crippen LogP contribution < -0.4 is 4.74 Å². The van der Waals surface area contributed by atoms with Crippen LogP contribution in [0.4, 0.5) is 35.1 Å². The molecule has 204 valence electrons. The summed E-state index contributed by atoms with van der Waals surface area (Å²) < 4.78 is 112. The van der Waals surface area contributed by atoms with Crippen molar-refractivity contribution in [3.8, 4) is 5.75 Å². The summed E-state index contributed by atoms with van der Waals surface area (Å²) >= 11 is 0. The highest BCUT2D eigenvalue weighted by atomic mass is 19.4. The van der Waals surface area contributed by atoms with E-state index in [-0.39, 0.29) is 37.7 Å². The SMILES string of the molecule is COc1cccc(C(C(=O)N(C)CCc2cc(C(F)(F)F)cc(C(F)(F)F)c2)N2CCC(F)(F)CC2)c1. The van der Waals surface area contributed by atoms with Crippen molar-refractivity contribution in [3.05, 3.63) is 64.7 Å². The summed E-state index contributed by atoms with van der Waals surface area (Å²) in [5, 5.41) is 0. The van der Waals surface area contributed by atoms with Crippen molar-refractivity contribution in [2.45, 2.75) is 43.6 Å². The predicted octanol–water partition coefficient (Wildman–Crippen LogP) is 6.21. The number of carbonyl (C=O) groups is 1. The topological polar surface area (TPSA) is 32.8 Å². The second-order valence-electron chi connectivity index (χ2n) is 8.99. The molecule has 0 spiro atoms. The highest BCUT2D eigenvalue weighted by Crippen LogP contribution is 2.37. The number of likely N-dealkylation sites (N-methyl/N-ethyl adjacent to an activating group) is 1. The summed E-state index contributed by atoms with van der Waals surface area (Å²) in [5.74, 6) is -2.95. The largest absolute Gasteiger partial charge is 0.497 e. The number of hydrogen-bond acceptors (Lipinski definition) is 3. The van der Waals surface area contributed by atoms with Crippen LogP contribution in [0, 0.1) is 0 Å². The fraction of sp³-hybridized carbons (Fsp3) is 0.480. The molecule has 1 amide bonds. The van der Waals surface area contributed by atoms with Gasteiger partial charge < -0.3 is 9.64 Å². The zero-order chi connectivity index (χ0) is 27.6. The molecular weight excluding hydrogens is 512 g/mol. The van der Waals surface area contributed by atoms with Crippen molar-refractivity contribution < 1.29 is 44.7 Å². The van der Waals surface area contributed by atoms with Gasteiger partial charge in [0.15, 0.2) is 0 Å². The van der Waals surface area contributed by atoms with Gasteiger partial charge in [0, 0.05) is 39.5 Å². The zero-order valence-electron chi connectivity index (χ0n) is 20.1. The number of likely N-dealkylation sites (tertiary alicyclic amines) is 1. The van der Waals surface area contributed by atoms with Crippen LogP contribution in [0.25, 0.3) is 0 Å². The fourth-order valence-corrected chi connectivity index (χ4v) is 4.21. The molecule has 12 heteroatoms. The highest BCUT2D eigenvalue weighted by molar-refractivity contribution is 5.83. The minimum absolute atomic E-state index is 0.0450. The summed E-state index contributed by atoms with van der Waals surface area (Å²) in [4.78, 5) is 16.3. The maximum Gasteiger partial charge on any atom is 0.416 e. The van der Waals surface area contributed by atoms with Gasteiger partial charge in [-0.25, -0.2) is 8.78 Å². The van der Waals surface area contributed by atoms with Crippen molar-refractivity contribution >= 4 is 5.91 Å². The Hall–Kier alpha value is -2.89. The zero-order valence-corrected chi connectivity index (χ0v) is 20.1. The van der Waals surface area contributed by atoms with Gasteiger partial charge in [0.2, 0.25) is 5.91 Å². The molecule has 1 heterocycles. The monoisotopic (exact) mass is 538 g/mol. The molecule has 37 heavy (non-hydrogen) atoms. The van der Waals surface area contributed by atoms with E-state index in [0.717, 1.165) is 0 Å². The number of hydrogen-bond donors (Lipinski definition) is 0. The van der Waals surface area contributed by atoms with Gasteiger partial charge in [0.05, 0.1) is 18.2 Å². The number of amides is 1. The third-order valence-electron chi connectivity index (χ3n) is 6.30. The van der Waals surface area contributed by atoms with E-state index in [2.05, 4.69) is 0 Å². The summed E-state index contributed by atoms with van der Waals surface area (Å²) in [6.45, 7) is -0.337. The van der Waals surface area contributed by atoms with E-state index in [0.29, 0.717) is 23.4 Å². The van der Waals surface area contributed by atoms with Crippen LogP contribution in [0.15, 0.2) is 42.5 Å². The molecule has 1 aliphatic heterocycles. The van der Waals surface area contributed by atoms with Gasteiger partial charge in [-0.15, -0.1) is 0 Å². The number of piperidine rings is 1. The van der Waals surface area contributed by atoms with Crippen LogP contribution in [0.2, 0.25) is 0 Å². The Kier molecular flexibility index (Phi) is 8.40. The second kappa shape index (κ2) is 10.8. The number of carbonyl (C=O) groups excluding carboxylic acids is 1. The normalized spacial score (nSPS) is 17.4. The molecule has 0 N–H and O–H groups in total. The third kappa shape index (κ3) is 7.33. The van der Waals surface area contributed by atoms with Crippen molar-refractivity contribution in [3.63, 3.8) is 0 Å². The predicted molar refractivity (Wildman–Crippen MR) is 119 cm³/mol. The van der Waals surface area contributed by atoms with Crippen LogP contribution in [-0.2, 0) is 23.6 Å². The molecular formula is C25H26F8N2O2. The molecule has 2 aromatic rings. The van der Waals surface area contributed by atoms with Crippen LogP contribution in [0.1, 0.15) is 41.1 Å². The van der Waals surface area contributed by atoms with Crippen LogP contribution in [0.3, 0.4) is 0 Å². The van der Waals surface area contributed by atoms with E-state index >= 15 is 0 Å². The minimum atomic E-state index is -4.98. The van der Waals surface area contributed by atoms with E-state index in [4.69, 9.17) is 4.74 Å². The van der Waals surface area contributed by atoms with Crippen molar-refractivity contribution in [1.29, 1.82) is 0 Å². The lowest BCUT2D eigenvalue weighted by Crippen LogP contribution is -2.47. The van der Waals surface area contributed by atoms with Crippen molar-refractivity contribution in [2.24, 2.45) is 0 Å². The van der Waals surface area contributed by atoms with E-state index in [1.165, 1.54) is 19.1 Å². The van der Waals surface area contributed by atoms with Crippen LogP contribution in [-0.4, -0.2) is 55.4 Å². The lowest BCUT2D eigenvalue weighted by molar-refractivity contribution is -0.143. The van der Waals surface area contributed by atoms with E-state index in [1.807, 2.05) is 0 Å². The maximum absolute atomic E-state index is 13.8. The molecule has 0 saturated carbocycles. The molecule has 1 saturated heterocycles. The lowest BCUT2D eigenvalue weighted by Gasteiger charge is -2.38. The van der Waals surface area contributed by atoms with E-state index < -0.39 is 54.2 Å². The van der Waals surface area contributed by atoms with Gasteiger partial charge in [-0.3, -0.25) is 9.69 Å². The average Bonchev–Trinajstić information content (AvgIpc) is 2.82. The summed E-state index contributed by atoms with van der Waals surface area (Å²) in [5.41, 5.74) is -2.64. The smallest absolute Gasteiger partial charge is 0.416 e. The number of halogens is 8. The Bertz CT molecular complexity index is 1060. The highest BCUT2D eigenvalue weighted by Gasteiger charge is 2.40. The average molecular weight is 538 g/mol. The molecule has 1 fully saturated rings. The summed E-state index contributed by atoms with van der Waals surface area (Å²) in [6, 6.07) is 6.81. The van der Waals surface area contributed by atoms with Gasteiger partial charge in [0.25, 0.3) is 5.92 Å². The minimum Gasteiger partial charge on any atom is -0.497 e. The molecule has 0 aromatic heterocycles. The number of alkyl halides is 8. The molecule has 1 unspecified atom stereocenters. The van der Waals surface area contributed by atoms with Gasteiger partial charge in [-0.1, -0.05) is 12.1 Å². The number of rotatable bonds is 7. The number of benzene rings is 2. The first-order valence-electron chi connectivity index (χ1n) is 11.4. The number of methoxy groups -OCH3 is 1. The molecule has 1 aliphatic rings. The van der Waals surface area contributed by atoms with Crippen LogP contribution >= 0.6 is 0 Å². The lowest BCUT2D eigenvalue weighted by atomic mass is 9.98. The molecule has 0 bridgehead atoms. The number of ether oxygens (including phenoxy) is 1. The third-order valence-corrected chi connectivity index (χ3v) is 6.30. The second-order valence-corrected chi connectivity index (χ2v) is 8.99. The Morgan fingerprint density at radius 3 is 2.08 bits per heavy atom. The molecule has 0 radical (unpaired) electrons. The van der Waals surface area contributed by atoms with Gasteiger partial charge in [0.1, 0.15) is 11.8 Å². The van der Waals surface area contributed by atoms with E-state index in [1.54, 1.807) is 29.2 Å².